The Morgan fingerprint density at radius 2 is 1.11 bits per heavy atom. The minimum Gasteiger partial charge on any atom is -0.358 e. The minimum atomic E-state index is 0. The van der Waals surface area contributed by atoms with Crippen LogP contribution in [0.4, 0.5) is 0 Å². The first-order valence-corrected chi connectivity index (χ1v) is 10.3. The summed E-state index contributed by atoms with van der Waals surface area (Å²) in [6.07, 6.45) is 16.4. The Hall–Kier alpha value is 0.350. The molecule has 1 heteroatoms. The molecule has 3 aliphatic rings. The van der Waals surface area contributed by atoms with Crippen molar-refractivity contribution in [3.8, 4) is 0 Å². The maximum Gasteiger partial charge on any atom is 4.00 e. The van der Waals surface area contributed by atoms with E-state index in [1.54, 1.807) is 0 Å². The summed E-state index contributed by atoms with van der Waals surface area (Å²) in [4.78, 5) is 0. The number of fused-ring (bicyclic) bond motifs is 1. The van der Waals surface area contributed by atoms with Gasteiger partial charge in [0.2, 0.25) is 0 Å². The minimum absolute atomic E-state index is 0. The number of hydrogen-bond donors (Lipinski definition) is 0. The van der Waals surface area contributed by atoms with E-state index in [1.807, 2.05) is 0 Å². The first-order valence-electron chi connectivity index (χ1n) is 10.3. The standard InChI is InChI=1S/C13H20.C10H20.4CH3.Hf/c1-2-3-6-11-9-10-12-7-4-5-8-13(11)12;1-6-7(2)9(4)10(5)8(6)3;;;;;/h4-5,7-8,11-13H,2-3,6,9-10H2,1H3;6-10H,1-5H3;4*1H3;/q;;4*-1;+4. The molecule has 0 radical (unpaired) electrons. The maximum atomic E-state index is 2.44. The summed E-state index contributed by atoms with van der Waals surface area (Å²) in [5.41, 5.74) is 0. The smallest absolute Gasteiger partial charge is 0.358 e. The summed E-state index contributed by atoms with van der Waals surface area (Å²) in [5.74, 6) is 7.43. The molecule has 3 unspecified atom stereocenters. The van der Waals surface area contributed by atoms with Gasteiger partial charge in [0.05, 0.1) is 0 Å². The molecule has 2 saturated carbocycles. The van der Waals surface area contributed by atoms with Gasteiger partial charge in [0.15, 0.2) is 0 Å². The van der Waals surface area contributed by atoms with E-state index >= 15 is 0 Å². The molecule has 0 bridgehead atoms. The zero-order chi connectivity index (χ0) is 17.0. The van der Waals surface area contributed by atoms with E-state index in [-0.39, 0.29) is 55.5 Å². The van der Waals surface area contributed by atoms with Crippen LogP contribution in [0.5, 0.6) is 0 Å². The molecule has 0 aromatic heterocycles. The summed E-state index contributed by atoms with van der Waals surface area (Å²) >= 11 is 0. The molecule has 0 aromatic rings. The van der Waals surface area contributed by atoms with Crippen LogP contribution in [0.2, 0.25) is 0 Å². The van der Waals surface area contributed by atoms with Gasteiger partial charge in [-0.25, -0.2) is 0 Å². The van der Waals surface area contributed by atoms with E-state index < -0.39 is 0 Å². The van der Waals surface area contributed by atoms with E-state index in [4.69, 9.17) is 0 Å². The Labute approximate surface area is 200 Å². The topological polar surface area (TPSA) is 0 Å². The van der Waals surface area contributed by atoms with E-state index in [0.29, 0.717) is 0 Å². The molecule has 28 heavy (non-hydrogen) atoms. The van der Waals surface area contributed by atoms with Crippen molar-refractivity contribution in [3.05, 3.63) is 54.0 Å². The monoisotopic (exact) mass is 556 g/mol. The first kappa shape index (κ1) is 35.8. The van der Waals surface area contributed by atoms with Gasteiger partial charge < -0.3 is 29.7 Å². The molecular formula is C27H52Hf. The van der Waals surface area contributed by atoms with Crippen molar-refractivity contribution in [1.82, 2.24) is 0 Å². The predicted octanol–water partition coefficient (Wildman–Crippen LogP) is 8.92. The van der Waals surface area contributed by atoms with Gasteiger partial charge in [-0.05, 0) is 66.6 Å². The summed E-state index contributed by atoms with van der Waals surface area (Å²) in [6.45, 7) is 14.3. The second-order valence-corrected chi connectivity index (χ2v) is 8.79. The van der Waals surface area contributed by atoms with Gasteiger partial charge >= 0.3 is 25.8 Å². The molecule has 0 nitrogen and oxygen atoms in total. The van der Waals surface area contributed by atoms with Crippen molar-refractivity contribution in [2.45, 2.75) is 73.6 Å². The molecule has 0 heterocycles. The largest absolute Gasteiger partial charge is 4.00 e. The Morgan fingerprint density at radius 1 is 0.679 bits per heavy atom. The van der Waals surface area contributed by atoms with Gasteiger partial charge in [0.25, 0.3) is 0 Å². The van der Waals surface area contributed by atoms with Crippen molar-refractivity contribution in [2.75, 3.05) is 0 Å². The van der Waals surface area contributed by atoms with E-state index in [0.717, 1.165) is 47.3 Å². The Morgan fingerprint density at radius 3 is 1.54 bits per heavy atom. The van der Waals surface area contributed by atoms with Crippen molar-refractivity contribution in [2.24, 2.45) is 47.3 Å². The fourth-order valence-corrected chi connectivity index (χ4v) is 5.26. The molecule has 2 fully saturated rings. The SMILES string of the molecule is CC1C(C)C(C)C(C)C1C.CCCCC1CCC2C=CC=CC21.[CH3-].[CH3-].[CH3-].[CH3-].[Hf+4]. The van der Waals surface area contributed by atoms with Gasteiger partial charge in [-0.3, -0.25) is 0 Å². The van der Waals surface area contributed by atoms with Crippen molar-refractivity contribution in [3.63, 3.8) is 0 Å². The van der Waals surface area contributed by atoms with Crippen molar-refractivity contribution in [1.29, 1.82) is 0 Å². The molecule has 3 aliphatic carbocycles. The number of unbranched alkanes of at least 4 members (excludes halogenated alkanes) is 1. The molecule has 0 N–H and O–H groups in total. The first-order chi connectivity index (χ1) is 11.0. The third-order valence-corrected chi connectivity index (χ3v) is 7.79. The summed E-state index contributed by atoms with van der Waals surface area (Å²) in [5, 5.41) is 0. The number of allylic oxidation sites excluding steroid dienone is 4. The zero-order valence-corrected chi connectivity index (χ0v) is 24.6. The fraction of sp³-hybridized carbons (Fsp3) is 0.704. The molecule has 3 atom stereocenters. The van der Waals surface area contributed by atoms with Gasteiger partial charge in [-0.15, -0.1) is 0 Å². The second kappa shape index (κ2) is 17.1. The predicted molar refractivity (Wildman–Crippen MR) is 129 cm³/mol. The Bertz CT molecular complexity index is 366. The normalized spacial score (nSPS) is 36.8. The second-order valence-electron chi connectivity index (χ2n) is 8.79. The van der Waals surface area contributed by atoms with Crippen LogP contribution >= 0.6 is 0 Å². The number of hydrogen-bond acceptors (Lipinski definition) is 0. The molecular weight excluding hydrogens is 503 g/mol. The molecule has 0 aliphatic heterocycles. The third-order valence-electron chi connectivity index (χ3n) is 7.79. The maximum absolute atomic E-state index is 2.44. The molecule has 3 rings (SSSR count). The van der Waals surface area contributed by atoms with Crippen LogP contribution in [0.1, 0.15) is 73.6 Å². The van der Waals surface area contributed by atoms with E-state index in [1.165, 1.54) is 32.1 Å². The van der Waals surface area contributed by atoms with Crippen LogP contribution in [0, 0.1) is 77.0 Å². The van der Waals surface area contributed by atoms with E-state index in [2.05, 4.69) is 65.8 Å². The number of rotatable bonds is 3. The van der Waals surface area contributed by atoms with Crippen molar-refractivity contribution >= 4 is 0 Å². The third kappa shape index (κ3) is 8.61. The van der Waals surface area contributed by atoms with Gasteiger partial charge in [-0.2, -0.15) is 0 Å². The van der Waals surface area contributed by atoms with Gasteiger partial charge in [-0.1, -0.05) is 78.7 Å². The fourth-order valence-electron chi connectivity index (χ4n) is 5.26. The molecule has 0 saturated heterocycles. The van der Waals surface area contributed by atoms with Gasteiger partial charge in [0.1, 0.15) is 0 Å². The van der Waals surface area contributed by atoms with Crippen LogP contribution in [0.25, 0.3) is 0 Å². The summed E-state index contributed by atoms with van der Waals surface area (Å²) in [7, 11) is 0. The average molecular weight is 555 g/mol. The molecule has 0 amide bonds. The van der Waals surface area contributed by atoms with Crippen molar-refractivity contribution < 1.29 is 25.8 Å². The van der Waals surface area contributed by atoms with E-state index in [9.17, 15) is 0 Å². The quantitative estimate of drug-likeness (QED) is 0.241. The Balaban J connectivity index is -0.000000179. The summed E-state index contributed by atoms with van der Waals surface area (Å²) < 4.78 is 0. The van der Waals surface area contributed by atoms with Crippen LogP contribution in [-0.4, -0.2) is 0 Å². The zero-order valence-electron chi connectivity index (χ0n) is 21.0. The van der Waals surface area contributed by atoms with Crippen LogP contribution < -0.4 is 0 Å². The van der Waals surface area contributed by atoms with Crippen LogP contribution in [-0.2, 0) is 25.8 Å². The summed E-state index contributed by atoms with van der Waals surface area (Å²) in [6, 6.07) is 0. The average Bonchev–Trinajstić information content (AvgIpc) is 3.06. The Kier molecular flexibility index (Phi) is 21.8. The van der Waals surface area contributed by atoms with Gasteiger partial charge in [0, 0.05) is 0 Å². The van der Waals surface area contributed by atoms with Crippen LogP contribution in [0.3, 0.4) is 0 Å². The van der Waals surface area contributed by atoms with Crippen LogP contribution in [0.15, 0.2) is 24.3 Å². The molecule has 164 valence electrons. The molecule has 0 spiro atoms. The molecule has 0 aromatic carbocycles.